The molecule has 0 bridgehead atoms. The molecule has 1 aliphatic rings. The molecule has 9 heteroatoms. The molecule has 0 saturated carbocycles. The predicted molar refractivity (Wildman–Crippen MR) is 105 cm³/mol. The van der Waals surface area contributed by atoms with Crippen LogP contribution in [0.4, 0.5) is 4.39 Å². The lowest BCUT2D eigenvalue weighted by atomic mass is 10.3. The van der Waals surface area contributed by atoms with E-state index in [2.05, 4.69) is 12.0 Å². The van der Waals surface area contributed by atoms with Crippen molar-refractivity contribution in [1.82, 2.24) is 14.7 Å². The van der Waals surface area contributed by atoms with E-state index in [4.69, 9.17) is 12.2 Å². The third-order valence-electron chi connectivity index (χ3n) is 4.51. The highest BCUT2D eigenvalue weighted by molar-refractivity contribution is 8.02. The highest BCUT2D eigenvalue weighted by atomic mass is 32.2. The van der Waals surface area contributed by atoms with E-state index in [1.807, 2.05) is 11.8 Å². The van der Waals surface area contributed by atoms with Crippen LogP contribution in [0.15, 0.2) is 28.6 Å². The summed E-state index contributed by atoms with van der Waals surface area (Å²) in [5, 5.41) is 4.29. The average Bonchev–Trinajstić information content (AvgIpc) is 3.02. The van der Waals surface area contributed by atoms with Crippen molar-refractivity contribution < 1.29 is 14.1 Å². The number of likely N-dealkylation sites (N-methyl/N-ethyl adjacent to an activating group) is 1. The van der Waals surface area contributed by atoms with Crippen molar-refractivity contribution in [1.29, 1.82) is 0 Å². The lowest BCUT2D eigenvalue weighted by molar-refractivity contribution is -0.902. The molecule has 5 nitrogen and oxygen atoms in total. The zero-order chi connectivity index (χ0) is 18.7. The fraction of sp³-hybridized carbons (Fsp3) is 0.471. The molecule has 0 aliphatic carbocycles. The third-order valence-corrected chi connectivity index (χ3v) is 6.91. The second-order valence-electron chi connectivity index (χ2n) is 6.21. The van der Waals surface area contributed by atoms with Crippen molar-refractivity contribution in [2.75, 3.05) is 32.7 Å². The van der Waals surface area contributed by atoms with Gasteiger partial charge in [-0.25, -0.2) is 9.07 Å². The zero-order valence-electron chi connectivity index (χ0n) is 14.8. The molecule has 1 N–H and O–H groups in total. The first-order valence-electron chi connectivity index (χ1n) is 8.63. The maximum absolute atomic E-state index is 13.1. The Balaban J connectivity index is 1.65. The SMILES string of the molecule is CC[NH+]1CCN(C(=O)[C@H](C)Sc2nn(-c3ccc(F)cc3)c(=S)s2)CC1. The van der Waals surface area contributed by atoms with Gasteiger partial charge in [-0.05, 0) is 50.3 Å². The number of quaternary nitrogens is 1. The number of thioether (sulfide) groups is 1. The first-order valence-corrected chi connectivity index (χ1v) is 10.7. The number of carbonyl (C=O) groups is 1. The Kier molecular flexibility index (Phi) is 6.44. The number of hydrogen-bond donors (Lipinski definition) is 1. The van der Waals surface area contributed by atoms with E-state index in [-0.39, 0.29) is 17.0 Å². The summed E-state index contributed by atoms with van der Waals surface area (Å²) in [7, 11) is 0. The van der Waals surface area contributed by atoms with Gasteiger partial charge in [0, 0.05) is 0 Å². The first-order chi connectivity index (χ1) is 12.5. The monoisotopic (exact) mass is 413 g/mol. The zero-order valence-corrected chi connectivity index (χ0v) is 17.2. The van der Waals surface area contributed by atoms with Crippen LogP contribution in [0.2, 0.25) is 0 Å². The largest absolute Gasteiger partial charge is 0.332 e. The molecular weight excluding hydrogens is 391 g/mol. The molecule has 1 atom stereocenters. The van der Waals surface area contributed by atoms with Crippen molar-refractivity contribution >= 4 is 41.2 Å². The number of carbonyl (C=O) groups excluding carboxylic acids is 1. The van der Waals surface area contributed by atoms with Gasteiger partial charge in [-0.2, -0.15) is 0 Å². The molecule has 2 heterocycles. The molecule has 1 aromatic heterocycles. The predicted octanol–water partition coefficient (Wildman–Crippen LogP) is 2.03. The van der Waals surface area contributed by atoms with E-state index >= 15 is 0 Å². The van der Waals surface area contributed by atoms with Crippen molar-refractivity contribution in [3.05, 3.63) is 34.0 Å². The average molecular weight is 414 g/mol. The van der Waals surface area contributed by atoms with Gasteiger partial charge in [0.1, 0.15) is 5.82 Å². The Hall–Kier alpha value is -1.29. The van der Waals surface area contributed by atoms with Crippen LogP contribution < -0.4 is 4.90 Å². The number of halogens is 1. The maximum Gasteiger partial charge on any atom is 0.236 e. The highest BCUT2D eigenvalue weighted by Gasteiger charge is 2.27. The van der Waals surface area contributed by atoms with Gasteiger partial charge in [0.05, 0.1) is 43.7 Å². The number of hydrogen-bond acceptors (Lipinski definition) is 5. The van der Waals surface area contributed by atoms with E-state index in [9.17, 15) is 9.18 Å². The summed E-state index contributed by atoms with van der Waals surface area (Å²) in [6.45, 7) is 8.85. The molecule has 140 valence electrons. The second-order valence-corrected chi connectivity index (χ2v) is 9.42. The quantitative estimate of drug-likeness (QED) is 0.602. The fourth-order valence-corrected chi connectivity index (χ4v) is 5.50. The molecule has 1 aromatic carbocycles. The Morgan fingerprint density at radius 3 is 2.65 bits per heavy atom. The maximum atomic E-state index is 13.1. The molecule has 0 unspecified atom stereocenters. The fourth-order valence-electron chi connectivity index (χ4n) is 2.91. The van der Waals surface area contributed by atoms with Gasteiger partial charge in [0.2, 0.25) is 5.91 Å². The lowest BCUT2D eigenvalue weighted by Gasteiger charge is -2.32. The number of piperazine rings is 1. The summed E-state index contributed by atoms with van der Waals surface area (Å²) >= 11 is 8.17. The van der Waals surface area contributed by atoms with Crippen LogP contribution in [0.5, 0.6) is 0 Å². The number of rotatable bonds is 5. The minimum absolute atomic E-state index is 0.152. The van der Waals surface area contributed by atoms with Crippen LogP contribution in [-0.2, 0) is 4.79 Å². The van der Waals surface area contributed by atoms with Crippen molar-refractivity contribution in [3.8, 4) is 5.69 Å². The topological polar surface area (TPSA) is 42.6 Å². The Labute approximate surface area is 165 Å². The van der Waals surface area contributed by atoms with Crippen molar-refractivity contribution in [3.63, 3.8) is 0 Å². The number of benzene rings is 1. The molecule has 2 aromatic rings. The normalized spacial score (nSPS) is 16.7. The van der Waals surface area contributed by atoms with E-state index in [1.54, 1.807) is 21.7 Å². The minimum Gasteiger partial charge on any atom is -0.332 e. The van der Waals surface area contributed by atoms with E-state index in [0.717, 1.165) is 42.8 Å². The van der Waals surface area contributed by atoms with Gasteiger partial charge >= 0.3 is 0 Å². The highest BCUT2D eigenvalue weighted by Crippen LogP contribution is 2.28. The van der Waals surface area contributed by atoms with Crippen molar-refractivity contribution in [2.45, 2.75) is 23.4 Å². The van der Waals surface area contributed by atoms with Crippen LogP contribution in [0.3, 0.4) is 0 Å². The molecule has 0 spiro atoms. The smallest absolute Gasteiger partial charge is 0.236 e. The molecule has 3 rings (SSSR count). The van der Waals surface area contributed by atoms with Gasteiger partial charge < -0.3 is 9.80 Å². The van der Waals surface area contributed by atoms with Crippen LogP contribution in [-0.4, -0.2) is 58.6 Å². The summed E-state index contributed by atoms with van der Waals surface area (Å²) in [5.41, 5.74) is 0.720. The van der Waals surface area contributed by atoms with E-state index < -0.39 is 0 Å². The molecule has 1 fully saturated rings. The van der Waals surface area contributed by atoms with Gasteiger partial charge in [0.25, 0.3) is 0 Å². The third kappa shape index (κ3) is 4.51. The van der Waals surface area contributed by atoms with Gasteiger partial charge in [-0.15, -0.1) is 5.10 Å². The number of amides is 1. The minimum atomic E-state index is -0.297. The summed E-state index contributed by atoms with van der Waals surface area (Å²) < 4.78 is 16.0. The Morgan fingerprint density at radius 2 is 2.04 bits per heavy atom. The first kappa shape index (κ1) is 19.5. The Bertz CT molecular complexity index is 812. The van der Waals surface area contributed by atoms with Gasteiger partial charge in [0.15, 0.2) is 8.29 Å². The molecule has 0 radical (unpaired) electrons. The lowest BCUT2D eigenvalue weighted by Crippen LogP contribution is -3.14. The molecule has 1 aliphatic heterocycles. The summed E-state index contributed by atoms with van der Waals surface area (Å²) in [6.07, 6.45) is 0. The molecule has 26 heavy (non-hydrogen) atoms. The summed E-state index contributed by atoms with van der Waals surface area (Å²) in [4.78, 5) is 16.2. The van der Waals surface area contributed by atoms with Gasteiger partial charge in [-0.1, -0.05) is 23.1 Å². The number of nitrogens with one attached hydrogen (secondary N) is 1. The van der Waals surface area contributed by atoms with E-state index in [1.165, 1.54) is 35.2 Å². The van der Waals surface area contributed by atoms with Crippen LogP contribution in [0.25, 0.3) is 5.69 Å². The molecular formula is C17H22FN4OS3+. The standard InChI is InChI=1S/C17H21FN4OS3/c1-3-20-8-10-21(11-9-20)15(23)12(2)25-16-19-22(17(24)26-16)14-6-4-13(18)5-7-14/h4-7,12H,3,8-11H2,1-2H3/p+1/t12-/m0/s1. The van der Waals surface area contributed by atoms with Gasteiger partial charge in [-0.3, -0.25) is 4.79 Å². The number of aromatic nitrogens is 2. The van der Waals surface area contributed by atoms with Crippen LogP contribution in [0, 0.1) is 9.77 Å². The van der Waals surface area contributed by atoms with Crippen LogP contribution >= 0.6 is 35.3 Å². The van der Waals surface area contributed by atoms with Crippen LogP contribution in [0.1, 0.15) is 13.8 Å². The summed E-state index contributed by atoms with van der Waals surface area (Å²) in [5.74, 6) is -0.145. The number of nitrogens with zero attached hydrogens (tertiary/aromatic N) is 3. The van der Waals surface area contributed by atoms with E-state index in [0.29, 0.717) is 3.95 Å². The molecule has 1 saturated heterocycles. The second kappa shape index (κ2) is 8.60. The Morgan fingerprint density at radius 1 is 1.38 bits per heavy atom. The molecule has 1 amide bonds. The summed E-state index contributed by atoms with van der Waals surface area (Å²) in [6, 6.07) is 6.05. The van der Waals surface area contributed by atoms with Crippen molar-refractivity contribution in [2.24, 2.45) is 0 Å².